The minimum atomic E-state index is -1.03. The van der Waals surface area contributed by atoms with Gasteiger partial charge in [-0.25, -0.2) is 4.79 Å². The smallest absolute Gasteiger partial charge is 0.335 e. The zero-order valence-electron chi connectivity index (χ0n) is 16.6. The van der Waals surface area contributed by atoms with E-state index in [1.807, 2.05) is 29.2 Å². The lowest BCUT2D eigenvalue weighted by molar-refractivity contribution is 0.0697. The molecule has 1 aromatic carbocycles. The number of rotatable bonds is 7. The van der Waals surface area contributed by atoms with Crippen LogP contribution in [0.3, 0.4) is 0 Å². The summed E-state index contributed by atoms with van der Waals surface area (Å²) in [4.78, 5) is 17.9. The van der Waals surface area contributed by atoms with Crippen molar-refractivity contribution in [2.75, 3.05) is 20.3 Å². The number of pyridine rings is 1. The number of ether oxygens (including phenoxy) is 1. The third-order valence-electron chi connectivity index (χ3n) is 5.13. The van der Waals surface area contributed by atoms with Crippen LogP contribution in [0.5, 0.6) is 0 Å². The van der Waals surface area contributed by atoms with Crippen molar-refractivity contribution in [3.05, 3.63) is 76.8 Å². The predicted octanol–water partition coefficient (Wildman–Crippen LogP) is 4.31. The fourth-order valence-electron chi connectivity index (χ4n) is 3.65. The fourth-order valence-corrected chi connectivity index (χ4v) is 4.19. The number of methoxy groups -OCH3 is 1. The van der Waals surface area contributed by atoms with Gasteiger partial charge in [0, 0.05) is 25.4 Å². The number of nitrogens with one attached hydrogen (secondary N) is 1. The number of nitrogens with zero attached hydrogens (tertiary/aromatic N) is 2. The first-order valence-corrected chi connectivity index (χ1v) is 10.4. The van der Waals surface area contributed by atoms with Crippen molar-refractivity contribution < 1.29 is 19.1 Å². The molecule has 1 aliphatic heterocycles. The number of carboxylic acids is 1. The molecule has 0 saturated carbocycles. The van der Waals surface area contributed by atoms with Crippen molar-refractivity contribution in [1.82, 2.24) is 15.2 Å². The number of hydrogen-bond donors (Lipinski definition) is 2. The van der Waals surface area contributed by atoms with Gasteiger partial charge in [-0.05, 0) is 54.7 Å². The normalized spacial score (nSPS) is 18.3. The first-order valence-electron chi connectivity index (χ1n) is 9.59. The van der Waals surface area contributed by atoms with Crippen LogP contribution >= 0.6 is 23.8 Å². The zero-order chi connectivity index (χ0) is 22.0. The van der Waals surface area contributed by atoms with Gasteiger partial charge in [0.2, 0.25) is 0 Å². The number of benzene rings is 1. The number of thiocarbonyl (C=S) groups is 1. The summed E-state index contributed by atoms with van der Waals surface area (Å²) in [5, 5.41) is 13.6. The summed E-state index contributed by atoms with van der Waals surface area (Å²) < 4.78 is 11.4. The van der Waals surface area contributed by atoms with E-state index in [-0.39, 0.29) is 17.6 Å². The van der Waals surface area contributed by atoms with Gasteiger partial charge in [0.05, 0.1) is 28.9 Å². The molecule has 0 bridgehead atoms. The highest BCUT2D eigenvalue weighted by atomic mass is 35.5. The molecule has 7 nitrogen and oxygen atoms in total. The summed E-state index contributed by atoms with van der Waals surface area (Å²) in [6.07, 6.45) is 1.74. The zero-order valence-corrected chi connectivity index (χ0v) is 18.2. The number of furan rings is 1. The van der Waals surface area contributed by atoms with Crippen LogP contribution in [-0.2, 0) is 4.74 Å². The lowest BCUT2D eigenvalue weighted by Gasteiger charge is -2.25. The summed E-state index contributed by atoms with van der Waals surface area (Å²) in [7, 11) is 1.64. The van der Waals surface area contributed by atoms with E-state index in [0.29, 0.717) is 40.4 Å². The van der Waals surface area contributed by atoms with Gasteiger partial charge < -0.3 is 24.5 Å². The van der Waals surface area contributed by atoms with Crippen molar-refractivity contribution in [3.63, 3.8) is 0 Å². The number of halogens is 1. The molecule has 0 spiro atoms. The van der Waals surface area contributed by atoms with Crippen LogP contribution in [0.2, 0.25) is 5.02 Å². The van der Waals surface area contributed by atoms with Crippen molar-refractivity contribution in [2.24, 2.45) is 0 Å². The largest absolute Gasteiger partial charge is 0.478 e. The molecule has 2 atom stereocenters. The third kappa shape index (κ3) is 4.27. The minimum Gasteiger partial charge on any atom is -0.478 e. The Kier molecular flexibility index (Phi) is 6.22. The van der Waals surface area contributed by atoms with Crippen LogP contribution in [-0.4, -0.2) is 46.3 Å². The average molecular weight is 458 g/mol. The summed E-state index contributed by atoms with van der Waals surface area (Å²) in [5.74, 6) is 0.106. The Morgan fingerprint density at radius 3 is 2.87 bits per heavy atom. The minimum absolute atomic E-state index is 0.133. The lowest BCUT2D eigenvalue weighted by atomic mass is 10.0. The second-order valence-corrected chi connectivity index (χ2v) is 7.81. The highest BCUT2D eigenvalue weighted by molar-refractivity contribution is 7.80. The number of carboxylic acid groups (broad SMARTS) is 1. The molecular formula is C22H20ClN3O4S. The molecule has 2 aromatic heterocycles. The summed E-state index contributed by atoms with van der Waals surface area (Å²) >= 11 is 11.9. The molecule has 3 heterocycles. The van der Waals surface area contributed by atoms with Crippen LogP contribution < -0.4 is 5.32 Å². The second kappa shape index (κ2) is 9.05. The molecule has 160 valence electrons. The molecule has 0 amide bonds. The molecule has 2 N–H and O–H groups in total. The van der Waals surface area contributed by atoms with Crippen molar-refractivity contribution in [3.8, 4) is 11.3 Å². The molecule has 1 aliphatic rings. The molecule has 9 heteroatoms. The molecular weight excluding hydrogens is 438 g/mol. The van der Waals surface area contributed by atoms with Gasteiger partial charge in [-0.15, -0.1) is 0 Å². The second-order valence-electron chi connectivity index (χ2n) is 7.01. The molecule has 0 radical (unpaired) electrons. The quantitative estimate of drug-likeness (QED) is 0.507. The summed E-state index contributed by atoms with van der Waals surface area (Å²) in [6.45, 7) is 1.06. The molecule has 3 aromatic rings. The van der Waals surface area contributed by atoms with Crippen molar-refractivity contribution in [1.29, 1.82) is 0 Å². The fraction of sp³-hybridized carbons (Fsp3) is 0.227. The maximum Gasteiger partial charge on any atom is 0.335 e. The number of aromatic carboxylic acids is 1. The van der Waals surface area contributed by atoms with Gasteiger partial charge in [-0.3, -0.25) is 4.98 Å². The third-order valence-corrected chi connectivity index (χ3v) is 5.81. The van der Waals surface area contributed by atoms with E-state index in [1.54, 1.807) is 25.4 Å². The molecule has 31 heavy (non-hydrogen) atoms. The molecule has 1 saturated heterocycles. The van der Waals surface area contributed by atoms with Gasteiger partial charge in [-0.1, -0.05) is 17.7 Å². The number of hydrogen-bond acceptors (Lipinski definition) is 5. The molecule has 1 fully saturated rings. The first kappa shape index (κ1) is 21.3. The van der Waals surface area contributed by atoms with E-state index < -0.39 is 5.97 Å². The highest BCUT2D eigenvalue weighted by Gasteiger charge is 2.41. The topological polar surface area (TPSA) is 87.8 Å². The van der Waals surface area contributed by atoms with E-state index >= 15 is 0 Å². The summed E-state index contributed by atoms with van der Waals surface area (Å²) in [5.41, 5.74) is 1.48. The standard InChI is InChI=1S/C22H20ClN3O4S/c1-29-11-10-26-20(19(25-22(26)31)16-4-2-3-9-24-16)18-8-7-17(30-18)14-12-13(21(27)28)5-6-15(14)23/h2-9,12,19-20H,10-11H2,1H3,(H,25,31)(H,27,28)/t19-,20-/m1/s1. The van der Waals surface area contributed by atoms with E-state index in [2.05, 4.69) is 10.3 Å². The van der Waals surface area contributed by atoms with Crippen LogP contribution in [0.15, 0.2) is 59.1 Å². The van der Waals surface area contributed by atoms with E-state index in [4.69, 9.17) is 33.0 Å². The molecule has 0 unspecified atom stereocenters. The van der Waals surface area contributed by atoms with Crippen molar-refractivity contribution >= 4 is 34.9 Å². The Labute approximate surface area is 189 Å². The highest BCUT2D eigenvalue weighted by Crippen LogP contribution is 2.41. The molecule has 4 rings (SSSR count). The average Bonchev–Trinajstić information content (AvgIpc) is 3.37. The van der Waals surface area contributed by atoms with Gasteiger partial charge in [0.25, 0.3) is 0 Å². The van der Waals surface area contributed by atoms with Gasteiger partial charge in [-0.2, -0.15) is 0 Å². The molecule has 0 aliphatic carbocycles. The first-order chi connectivity index (χ1) is 15.0. The van der Waals surface area contributed by atoms with E-state index in [9.17, 15) is 9.90 Å². The maximum atomic E-state index is 11.4. The van der Waals surface area contributed by atoms with Crippen LogP contribution in [0.25, 0.3) is 11.3 Å². The van der Waals surface area contributed by atoms with Crippen LogP contribution in [0.4, 0.5) is 0 Å². The van der Waals surface area contributed by atoms with Gasteiger partial charge in [0.1, 0.15) is 17.6 Å². The van der Waals surface area contributed by atoms with Crippen LogP contribution in [0.1, 0.15) is 33.9 Å². The predicted molar refractivity (Wildman–Crippen MR) is 120 cm³/mol. The monoisotopic (exact) mass is 457 g/mol. The lowest BCUT2D eigenvalue weighted by Crippen LogP contribution is -2.32. The Morgan fingerprint density at radius 2 is 2.16 bits per heavy atom. The summed E-state index contributed by atoms with van der Waals surface area (Å²) in [6, 6.07) is 13.4. The number of carbonyl (C=O) groups is 1. The Hall–Kier alpha value is -2.94. The SMILES string of the molecule is COCCN1C(=S)N[C@H](c2ccccn2)[C@H]1c1ccc(-c2cc(C(=O)O)ccc2Cl)o1. The van der Waals surface area contributed by atoms with E-state index in [1.165, 1.54) is 12.1 Å². The van der Waals surface area contributed by atoms with Gasteiger partial charge >= 0.3 is 5.97 Å². The van der Waals surface area contributed by atoms with Gasteiger partial charge in [0.15, 0.2) is 5.11 Å². The van der Waals surface area contributed by atoms with Crippen LogP contribution in [0, 0.1) is 0 Å². The van der Waals surface area contributed by atoms with Crippen molar-refractivity contribution in [2.45, 2.75) is 12.1 Å². The number of aromatic nitrogens is 1. The Bertz CT molecular complexity index is 1110. The van der Waals surface area contributed by atoms with E-state index in [0.717, 1.165) is 5.69 Å². The Morgan fingerprint density at radius 1 is 1.32 bits per heavy atom. The maximum absolute atomic E-state index is 11.4. The Balaban J connectivity index is 1.74.